The van der Waals surface area contributed by atoms with Crippen LogP contribution in [0.25, 0.3) is 0 Å². The highest BCUT2D eigenvalue weighted by atomic mass is 32.2. The zero-order valence-electron chi connectivity index (χ0n) is 10.1. The van der Waals surface area contributed by atoms with E-state index in [2.05, 4.69) is 5.32 Å². The van der Waals surface area contributed by atoms with Crippen molar-refractivity contribution in [3.63, 3.8) is 0 Å². The number of carbonyl (C=O) groups is 1. The van der Waals surface area contributed by atoms with E-state index in [1.807, 2.05) is 6.92 Å². The van der Waals surface area contributed by atoms with Crippen LogP contribution in [-0.4, -0.2) is 27.1 Å². The lowest BCUT2D eigenvalue weighted by Crippen LogP contribution is -2.23. The minimum atomic E-state index is -3.03. The number of carbonyl (C=O) groups excluding carboxylic acids is 1. The third-order valence-electron chi connectivity index (χ3n) is 2.18. The predicted molar refractivity (Wildman–Crippen MR) is 67.6 cm³/mol. The Morgan fingerprint density at radius 1 is 1.24 bits per heavy atom. The molecule has 0 radical (unpaired) electrons. The Balaban J connectivity index is 2.71. The van der Waals surface area contributed by atoms with Crippen LogP contribution in [0.15, 0.2) is 24.3 Å². The van der Waals surface area contributed by atoms with Gasteiger partial charge in [-0.15, -0.1) is 0 Å². The molecule has 1 aromatic rings. The van der Waals surface area contributed by atoms with E-state index in [1.54, 1.807) is 24.3 Å². The number of benzene rings is 1. The molecule has 0 aliphatic rings. The normalized spacial score (nSPS) is 11.2. The predicted octanol–water partition coefficient (Wildman–Crippen LogP) is 1.37. The highest BCUT2D eigenvalue weighted by Gasteiger charge is 2.07. The first-order valence-corrected chi connectivity index (χ1v) is 7.53. The molecule has 17 heavy (non-hydrogen) atoms. The zero-order chi connectivity index (χ0) is 12.9. The molecule has 0 aliphatic heterocycles. The minimum absolute atomic E-state index is 0.00383. The number of hydrogen-bond acceptors (Lipinski definition) is 3. The van der Waals surface area contributed by atoms with Crippen molar-refractivity contribution < 1.29 is 13.2 Å². The van der Waals surface area contributed by atoms with Crippen molar-refractivity contribution in [2.24, 2.45) is 0 Å². The van der Waals surface area contributed by atoms with Gasteiger partial charge in [0.2, 0.25) is 0 Å². The van der Waals surface area contributed by atoms with E-state index in [9.17, 15) is 13.2 Å². The van der Waals surface area contributed by atoms with Crippen LogP contribution in [0.4, 0.5) is 0 Å². The van der Waals surface area contributed by atoms with Gasteiger partial charge in [0.1, 0.15) is 0 Å². The van der Waals surface area contributed by atoms with Gasteiger partial charge in [-0.2, -0.15) is 0 Å². The SMILES string of the molecule is CCCNC(=O)c1ccc(CS(C)(=O)=O)cc1. The fourth-order valence-electron chi connectivity index (χ4n) is 1.40. The second kappa shape index (κ2) is 5.82. The summed E-state index contributed by atoms with van der Waals surface area (Å²) in [5.41, 5.74) is 1.25. The number of nitrogens with one attached hydrogen (secondary N) is 1. The second-order valence-corrected chi connectivity index (χ2v) is 6.16. The summed E-state index contributed by atoms with van der Waals surface area (Å²) in [6.07, 6.45) is 2.08. The largest absolute Gasteiger partial charge is 0.352 e. The van der Waals surface area contributed by atoms with E-state index in [-0.39, 0.29) is 11.7 Å². The maximum absolute atomic E-state index is 11.6. The van der Waals surface area contributed by atoms with E-state index in [0.717, 1.165) is 6.42 Å². The van der Waals surface area contributed by atoms with Crippen LogP contribution in [0, 0.1) is 0 Å². The van der Waals surface area contributed by atoms with E-state index in [1.165, 1.54) is 6.26 Å². The van der Waals surface area contributed by atoms with Gasteiger partial charge in [0, 0.05) is 18.4 Å². The molecule has 1 amide bonds. The Labute approximate surface area is 102 Å². The highest BCUT2D eigenvalue weighted by Crippen LogP contribution is 2.07. The van der Waals surface area contributed by atoms with E-state index in [0.29, 0.717) is 17.7 Å². The monoisotopic (exact) mass is 255 g/mol. The Morgan fingerprint density at radius 3 is 2.29 bits per heavy atom. The topological polar surface area (TPSA) is 63.2 Å². The fourth-order valence-corrected chi connectivity index (χ4v) is 2.19. The van der Waals surface area contributed by atoms with E-state index < -0.39 is 9.84 Å². The summed E-state index contributed by atoms with van der Waals surface area (Å²) >= 11 is 0. The van der Waals surface area contributed by atoms with Gasteiger partial charge in [0.15, 0.2) is 9.84 Å². The molecule has 1 rings (SSSR count). The van der Waals surface area contributed by atoms with Gasteiger partial charge in [0.25, 0.3) is 5.91 Å². The maximum Gasteiger partial charge on any atom is 0.251 e. The molecule has 4 nitrogen and oxygen atoms in total. The van der Waals surface area contributed by atoms with Gasteiger partial charge in [-0.05, 0) is 24.1 Å². The smallest absolute Gasteiger partial charge is 0.251 e. The molecule has 1 N–H and O–H groups in total. The van der Waals surface area contributed by atoms with Crippen LogP contribution in [0.3, 0.4) is 0 Å². The van der Waals surface area contributed by atoms with Crippen molar-refractivity contribution >= 4 is 15.7 Å². The first-order valence-electron chi connectivity index (χ1n) is 5.47. The molecule has 0 saturated carbocycles. The molecule has 0 aliphatic carbocycles. The Hall–Kier alpha value is -1.36. The van der Waals surface area contributed by atoms with Crippen LogP contribution < -0.4 is 5.32 Å². The quantitative estimate of drug-likeness (QED) is 0.864. The van der Waals surface area contributed by atoms with Crippen LogP contribution in [-0.2, 0) is 15.6 Å². The van der Waals surface area contributed by atoms with Gasteiger partial charge in [-0.3, -0.25) is 4.79 Å². The molecule has 0 heterocycles. The van der Waals surface area contributed by atoms with Crippen molar-refractivity contribution in [1.29, 1.82) is 0 Å². The van der Waals surface area contributed by atoms with Gasteiger partial charge >= 0.3 is 0 Å². The average molecular weight is 255 g/mol. The van der Waals surface area contributed by atoms with Crippen LogP contribution >= 0.6 is 0 Å². The van der Waals surface area contributed by atoms with Crippen molar-refractivity contribution in [3.8, 4) is 0 Å². The van der Waals surface area contributed by atoms with Crippen LogP contribution in [0.2, 0.25) is 0 Å². The third-order valence-corrected chi connectivity index (χ3v) is 3.04. The van der Waals surface area contributed by atoms with Gasteiger partial charge < -0.3 is 5.32 Å². The van der Waals surface area contributed by atoms with Gasteiger partial charge in [-0.25, -0.2) is 8.42 Å². The molecule has 94 valence electrons. The molecule has 0 fully saturated rings. The standard InChI is InChI=1S/C12H17NO3S/c1-3-8-13-12(14)11-6-4-10(5-7-11)9-17(2,15)16/h4-7H,3,8-9H2,1-2H3,(H,13,14). The van der Waals surface area contributed by atoms with Gasteiger partial charge in [-0.1, -0.05) is 19.1 Å². The summed E-state index contributed by atoms with van der Waals surface area (Å²) in [5, 5.41) is 2.76. The van der Waals surface area contributed by atoms with E-state index >= 15 is 0 Å². The zero-order valence-corrected chi connectivity index (χ0v) is 10.9. The third kappa shape index (κ3) is 4.99. The van der Waals surface area contributed by atoms with E-state index in [4.69, 9.17) is 0 Å². The highest BCUT2D eigenvalue weighted by molar-refractivity contribution is 7.89. The Bertz CT molecular complexity index is 477. The van der Waals surface area contributed by atoms with Gasteiger partial charge in [0.05, 0.1) is 5.75 Å². The lowest BCUT2D eigenvalue weighted by atomic mass is 10.1. The molecule has 0 atom stereocenters. The minimum Gasteiger partial charge on any atom is -0.352 e. The Morgan fingerprint density at radius 2 is 1.82 bits per heavy atom. The molecule has 0 spiro atoms. The number of hydrogen-bond donors (Lipinski definition) is 1. The van der Waals surface area contributed by atoms with Crippen molar-refractivity contribution in [2.45, 2.75) is 19.1 Å². The number of rotatable bonds is 5. The molecule has 0 bridgehead atoms. The average Bonchev–Trinajstić information content (AvgIpc) is 2.24. The molecular formula is C12H17NO3S. The molecule has 0 aromatic heterocycles. The van der Waals surface area contributed by atoms with Crippen molar-refractivity contribution in [2.75, 3.05) is 12.8 Å². The van der Waals surface area contributed by atoms with Crippen molar-refractivity contribution in [3.05, 3.63) is 35.4 Å². The molecule has 0 saturated heterocycles. The summed E-state index contributed by atoms with van der Waals surface area (Å²) in [6.45, 7) is 2.62. The molecule has 0 unspecified atom stereocenters. The first-order chi connectivity index (χ1) is 7.92. The first kappa shape index (κ1) is 13.7. The summed E-state index contributed by atoms with van der Waals surface area (Å²) < 4.78 is 22.2. The maximum atomic E-state index is 11.6. The summed E-state index contributed by atoms with van der Waals surface area (Å²) in [7, 11) is -3.03. The number of sulfone groups is 1. The van der Waals surface area contributed by atoms with Crippen molar-refractivity contribution in [1.82, 2.24) is 5.32 Å². The second-order valence-electron chi connectivity index (χ2n) is 4.02. The van der Waals surface area contributed by atoms with Crippen LogP contribution in [0.1, 0.15) is 29.3 Å². The van der Waals surface area contributed by atoms with Crippen LogP contribution in [0.5, 0.6) is 0 Å². The lowest BCUT2D eigenvalue weighted by molar-refractivity contribution is 0.0953. The Kier molecular flexibility index (Phi) is 4.69. The molecule has 1 aromatic carbocycles. The molecule has 5 heteroatoms. The number of amides is 1. The summed E-state index contributed by atoms with van der Waals surface area (Å²) in [4.78, 5) is 11.6. The summed E-state index contributed by atoms with van der Waals surface area (Å²) in [5.74, 6) is -0.123. The molecular weight excluding hydrogens is 238 g/mol. The lowest BCUT2D eigenvalue weighted by Gasteiger charge is -2.04. The summed E-state index contributed by atoms with van der Waals surface area (Å²) in [6, 6.07) is 6.63. The fraction of sp³-hybridized carbons (Fsp3) is 0.417.